The first-order valence-corrected chi connectivity index (χ1v) is 5.86. The van der Waals surface area contributed by atoms with E-state index in [9.17, 15) is 9.59 Å². The van der Waals surface area contributed by atoms with Crippen LogP contribution >= 0.6 is 22.9 Å². The van der Waals surface area contributed by atoms with Gasteiger partial charge >= 0.3 is 6.03 Å². The standard InChI is InChI=1S/C8H11ClN4O2S/c1-3-5-12-13-8(16-5)11-7(15)10-6(14)4(2)9/h4H,3H2,1-2H3,(H2,10,11,13,14,15). The molecule has 0 fully saturated rings. The third-order valence-corrected chi connectivity index (χ3v) is 2.77. The maximum Gasteiger partial charge on any atom is 0.327 e. The van der Waals surface area contributed by atoms with Crippen LogP contribution < -0.4 is 10.6 Å². The quantitative estimate of drug-likeness (QED) is 0.806. The Labute approximate surface area is 101 Å². The van der Waals surface area contributed by atoms with Gasteiger partial charge in [-0.05, 0) is 13.3 Å². The van der Waals surface area contributed by atoms with Crippen LogP contribution in [-0.2, 0) is 11.2 Å². The van der Waals surface area contributed by atoms with Crippen LogP contribution in [0, 0.1) is 0 Å². The highest BCUT2D eigenvalue weighted by Gasteiger charge is 2.14. The molecule has 88 valence electrons. The summed E-state index contributed by atoms with van der Waals surface area (Å²) in [7, 11) is 0. The van der Waals surface area contributed by atoms with Gasteiger partial charge in [0.1, 0.15) is 10.4 Å². The van der Waals surface area contributed by atoms with Crippen molar-refractivity contribution in [2.75, 3.05) is 5.32 Å². The molecule has 0 aliphatic rings. The molecule has 0 aromatic carbocycles. The number of urea groups is 1. The summed E-state index contributed by atoms with van der Waals surface area (Å²) in [6.45, 7) is 3.41. The molecule has 0 aliphatic heterocycles. The Morgan fingerprint density at radius 2 is 2.19 bits per heavy atom. The summed E-state index contributed by atoms with van der Waals surface area (Å²) in [6.07, 6.45) is 0.749. The summed E-state index contributed by atoms with van der Waals surface area (Å²) in [5.74, 6) is -0.556. The van der Waals surface area contributed by atoms with E-state index < -0.39 is 17.3 Å². The van der Waals surface area contributed by atoms with E-state index in [1.165, 1.54) is 18.3 Å². The van der Waals surface area contributed by atoms with Gasteiger partial charge in [-0.15, -0.1) is 21.8 Å². The van der Waals surface area contributed by atoms with Crippen molar-refractivity contribution >= 4 is 40.0 Å². The SMILES string of the molecule is CCc1nnc(NC(=O)NC(=O)C(C)Cl)s1. The molecule has 0 bridgehead atoms. The van der Waals surface area contributed by atoms with Crippen molar-refractivity contribution in [3.05, 3.63) is 5.01 Å². The Balaban J connectivity index is 2.48. The van der Waals surface area contributed by atoms with E-state index in [-0.39, 0.29) is 0 Å². The van der Waals surface area contributed by atoms with Crippen molar-refractivity contribution in [3.63, 3.8) is 0 Å². The van der Waals surface area contributed by atoms with Gasteiger partial charge in [0.05, 0.1) is 0 Å². The van der Waals surface area contributed by atoms with Crippen molar-refractivity contribution in [1.29, 1.82) is 0 Å². The maximum absolute atomic E-state index is 11.3. The molecule has 6 nitrogen and oxygen atoms in total. The average molecular weight is 263 g/mol. The highest BCUT2D eigenvalue weighted by atomic mass is 35.5. The van der Waals surface area contributed by atoms with Gasteiger partial charge in [-0.25, -0.2) is 4.79 Å². The first-order valence-electron chi connectivity index (χ1n) is 4.61. The minimum absolute atomic E-state index is 0.351. The number of hydrogen-bond donors (Lipinski definition) is 2. The molecule has 8 heteroatoms. The van der Waals surface area contributed by atoms with E-state index in [2.05, 4.69) is 20.8 Å². The smallest absolute Gasteiger partial charge is 0.282 e. The number of aryl methyl sites for hydroxylation is 1. The van der Waals surface area contributed by atoms with Gasteiger partial charge < -0.3 is 0 Å². The van der Waals surface area contributed by atoms with E-state index >= 15 is 0 Å². The molecule has 0 saturated carbocycles. The van der Waals surface area contributed by atoms with Gasteiger partial charge in [0.15, 0.2) is 0 Å². The highest BCUT2D eigenvalue weighted by molar-refractivity contribution is 7.15. The second kappa shape index (κ2) is 5.76. The molecule has 16 heavy (non-hydrogen) atoms. The zero-order valence-corrected chi connectivity index (χ0v) is 10.4. The molecule has 1 rings (SSSR count). The number of carbonyl (C=O) groups excluding carboxylic acids is 2. The first kappa shape index (κ1) is 12.9. The van der Waals surface area contributed by atoms with Crippen molar-refractivity contribution in [1.82, 2.24) is 15.5 Å². The molecule has 1 heterocycles. The Bertz CT molecular complexity index is 393. The van der Waals surface area contributed by atoms with Crippen LogP contribution in [0.4, 0.5) is 9.93 Å². The van der Waals surface area contributed by atoms with Crippen LogP contribution in [0.1, 0.15) is 18.9 Å². The number of rotatable bonds is 3. The lowest BCUT2D eigenvalue weighted by molar-refractivity contribution is -0.119. The number of amides is 3. The number of hydrogen-bond acceptors (Lipinski definition) is 5. The van der Waals surface area contributed by atoms with E-state index in [1.807, 2.05) is 6.92 Å². The van der Waals surface area contributed by atoms with E-state index in [0.717, 1.165) is 11.4 Å². The fourth-order valence-corrected chi connectivity index (χ4v) is 1.52. The lowest BCUT2D eigenvalue weighted by Gasteiger charge is -2.04. The summed E-state index contributed by atoms with van der Waals surface area (Å²) < 4.78 is 0. The minimum atomic E-state index is -0.758. The zero-order valence-electron chi connectivity index (χ0n) is 8.78. The largest absolute Gasteiger partial charge is 0.327 e. The van der Waals surface area contributed by atoms with Crippen LogP contribution in [-0.4, -0.2) is 27.5 Å². The second-order valence-electron chi connectivity index (χ2n) is 2.91. The van der Waals surface area contributed by atoms with Crippen LogP contribution in [0.5, 0.6) is 0 Å². The number of nitrogens with one attached hydrogen (secondary N) is 2. The van der Waals surface area contributed by atoms with Crippen LogP contribution in [0.2, 0.25) is 0 Å². The molecule has 0 saturated heterocycles. The number of anilines is 1. The molecule has 1 atom stereocenters. The number of imide groups is 1. The molecule has 1 unspecified atom stereocenters. The van der Waals surface area contributed by atoms with Gasteiger partial charge in [-0.1, -0.05) is 18.3 Å². The number of carbonyl (C=O) groups is 2. The van der Waals surface area contributed by atoms with Crippen molar-refractivity contribution in [3.8, 4) is 0 Å². The summed E-state index contributed by atoms with van der Waals surface area (Å²) in [4.78, 5) is 22.3. The molecule has 1 aromatic heterocycles. The predicted octanol–water partition coefficient (Wildman–Crippen LogP) is 1.38. The summed E-state index contributed by atoms with van der Waals surface area (Å²) in [5.41, 5.74) is 0. The van der Waals surface area contributed by atoms with E-state index in [0.29, 0.717) is 5.13 Å². The molecule has 1 aromatic rings. The van der Waals surface area contributed by atoms with Gasteiger partial charge in [0, 0.05) is 0 Å². The number of alkyl halides is 1. The van der Waals surface area contributed by atoms with Gasteiger partial charge in [-0.3, -0.25) is 15.4 Å². The van der Waals surface area contributed by atoms with Crippen molar-refractivity contribution < 1.29 is 9.59 Å². The maximum atomic E-state index is 11.3. The Hall–Kier alpha value is -1.21. The van der Waals surface area contributed by atoms with Gasteiger partial charge in [0.2, 0.25) is 11.0 Å². The molecule has 0 radical (unpaired) electrons. The second-order valence-corrected chi connectivity index (χ2v) is 4.63. The van der Waals surface area contributed by atoms with E-state index in [4.69, 9.17) is 11.6 Å². The Morgan fingerprint density at radius 1 is 1.50 bits per heavy atom. The Morgan fingerprint density at radius 3 is 2.69 bits per heavy atom. The molecule has 0 spiro atoms. The van der Waals surface area contributed by atoms with E-state index in [1.54, 1.807) is 0 Å². The lowest BCUT2D eigenvalue weighted by Crippen LogP contribution is -2.38. The molecular formula is C8H11ClN4O2S. The normalized spacial score (nSPS) is 11.9. The number of halogens is 1. The van der Waals surface area contributed by atoms with Crippen LogP contribution in [0.3, 0.4) is 0 Å². The minimum Gasteiger partial charge on any atom is -0.282 e. The fourth-order valence-electron chi connectivity index (χ4n) is 0.787. The van der Waals surface area contributed by atoms with Crippen LogP contribution in [0.25, 0.3) is 0 Å². The topological polar surface area (TPSA) is 84.0 Å². The third kappa shape index (κ3) is 3.74. The number of aromatic nitrogens is 2. The lowest BCUT2D eigenvalue weighted by atomic mass is 10.4. The Kier molecular flexibility index (Phi) is 4.63. The van der Waals surface area contributed by atoms with Crippen LogP contribution in [0.15, 0.2) is 0 Å². The van der Waals surface area contributed by atoms with Gasteiger partial charge in [0.25, 0.3) is 0 Å². The highest BCUT2D eigenvalue weighted by Crippen LogP contribution is 2.14. The number of nitrogens with zero attached hydrogens (tertiary/aromatic N) is 2. The average Bonchev–Trinajstić information content (AvgIpc) is 2.65. The monoisotopic (exact) mass is 262 g/mol. The zero-order chi connectivity index (χ0) is 12.1. The first-order chi connectivity index (χ1) is 7.52. The fraction of sp³-hybridized carbons (Fsp3) is 0.500. The van der Waals surface area contributed by atoms with Crippen molar-refractivity contribution in [2.24, 2.45) is 0 Å². The molecule has 3 amide bonds. The molecule has 0 aliphatic carbocycles. The summed E-state index contributed by atoms with van der Waals surface area (Å²) >= 11 is 6.74. The third-order valence-electron chi connectivity index (χ3n) is 1.59. The summed E-state index contributed by atoms with van der Waals surface area (Å²) in [5, 5.41) is 12.4. The molecule has 2 N–H and O–H groups in total. The summed E-state index contributed by atoms with van der Waals surface area (Å²) in [6, 6.07) is -0.656. The van der Waals surface area contributed by atoms with Gasteiger partial charge in [-0.2, -0.15) is 0 Å². The molecular weight excluding hydrogens is 252 g/mol. The van der Waals surface area contributed by atoms with Crippen molar-refractivity contribution in [2.45, 2.75) is 25.6 Å². The predicted molar refractivity (Wildman–Crippen MR) is 61.8 cm³/mol.